The maximum Gasteiger partial charge on any atom is 0.310 e. The molecular formula is C19H21N3O5. The van der Waals surface area contributed by atoms with E-state index >= 15 is 0 Å². The number of nitro groups is 1. The minimum atomic E-state index is -0.688. The van der Waals surface area contributed by atoms with Crippen LogP contribution in [-0.4, -0.2) is 28.8 Å². The number of carbonyl (C=O) groups is 1. The van der Waals surface area contributed by atoms with Gasteiger partial charge in [-0.1, -0.05) is 26.0 Å². The van der Waals surface area contributed by atoms with Crippen molar-refractivity contribution in [2.24, 2.45) is 5.10 Å². The van der Waals surface area contributed by atoms with Crippen molar-refractivity contribution in [2.45, 2.75) is 26.7 Å². The minimum Gasteiger partial charge on any atom is -0.502 e. The van der Waals surface area contributed by atoms with E-state index in [9.17, 15) is 20.0 Å². The Bertz CT molecular complexity index is 878. The van der Waals surface area contributed by atoms with Crippen molar-refractivity contribution in [2.75, 3.05) is 6.61 Å². The molecule has 0 radical (unpaired) electrons. The van der Waals surface area contributed by atoms with E-state index in [-0.39, 0.29) is 12.5 Å². The molecule has 0 fully saturated rings. The molecule has 0 heterocycles. The standard InChI is InChI=1S/C19H21N3O5/c1-12(2)15-6-4-13(3)8-18(15)27-11-19(24)21-20-10-14-5-7-16(22(25)26)17(23)9-14/h4-10,12,23H,11H2,1-3H3,(H,21,24)/b20-10+. The molecule has 8 heteroatoms. The number of rotatable bonds is 7. The van der Waals surface area contributed by atoms with Gasteiger partial charge in [0.15, 0.2) is 12.4 Å². The third-order valence-corrected chi connectivity index (χ3v) is 3.75. The van der Waals surface area contributed by atoms with Crippen molar-refractivity contribution in [1.82, 2.24) is 5.43 Å². The molecule has 0 saturated heterocycles. The average Bonchev–Trinajstić information content (AvgIpc) is 2.59. The van der Waals surface area contributed by atoms with Gasteiger partial charge in [0.05, 0.1) is 11.1 Å². The zero-order valence-electron chi connectivity index (χ0n) is 15.3. The van der Waals surface area contributed by atoms with E-state index in [4.69, 9.17) is 4.74 Å². The van der Waals surface area contributed by atoms with Gasteiger partial charge in [-0.3, -0.25) is 14.9 Å². The van der Waals surface area contributed by atoms with Crippen molar-refractivity contribution in [3.63, 3.8) is 0 Å². The van der Waals surface area contributed by atoms with Crippen LogP contribution in [0.15, 0.2) is 41.5 Å². The molecule has 0 aromatic heterocycles. The summed E-state index contributed by atoms with van der Waals surface area (Å²) in [5.41, 5.74) is 4.36. The first-order chi connectivity index (χ1) is 12.8. The number of hydrogen-bond donors (Lipinski definition) is 2. The summed E-state index contributed by atoms with van der Waals surface area (Å²) in [4.78, 5) is 21.9. The van der Waals surface area contributed by atoms with Gasteiger partial charge in [0.25, 0.3) is 5.91 Å². The molecular weight excluding hydrogens is 350 g/mol. The van der Waals surface area contributed by atoms with Gasteiger partial charge >= 0.3 is 5.69 Å². The summed E-state index contributed by atoms with van der Waals surface area (Å²) < 4.78 is 5.60. The number of carbonyl (C=O) groups excluding carboxylic acids is 1. The normalized spacial score (nSPS) is 11.0. The molecule has 8 nitrogen and oxygen atoms in total. The number of nitrogens with one attached hydrogen (secondary N) is 1. The first-order valence-electron chi connectivity index (χ1n) is 8.30. The van der Waals surface area contributed by atoms with Crippen LogP contribution in [0.1, 0.15) is 36.5 Å². The maximum absolute atomic E-state index is 11.9. The maximum atomic E-state index is 11.9. The van der Waals surface area contributed by atoms with Crippen LogP contribution in [0.2, 0.25) is 0 Å². The molecule has 0 aliphatic rings. The number of aromatic hydroxyl groups is 1. The molecule has 2 N–H and O–H groups in total. The molecule has 0 aliphatic carbocycles. The molecule has 1 amide bonds. The highest BCUT2D eigenvalue weighted by Crippen LogP contribution is 2.27. The van der Waals surface area contributed by atoms with Crippen molar-refractivity contribution in [3.8, 4) is 11.5 Å². The summed E-state index contributed by atoms with van der Waals surface area (Å²) in [5.74, 6) is -0.00575. The predicted octanol–water partition coefficient (Wildman–Crippen LogP) is 3.26. The number of amides is 1. The van der Waals surface area contributed by atoms with Crippen LogP contribution in [0.3, 0.4) is 0 Å². The van der Waals surface area contributed by atoms with Gasteiger partial charge in [0.2, 0.25) is 0 Å². The van der Waals surface area contributed by atoms with Crippen LogP contribution >= 0.6 is 0 Å². The topological polar surface area (TPSA) is 114 Å². The van der Waals surface area contributed by atoms with Crippen molar-refractivity contribution in [3.05, 3.63) is 63.2 Å². The van der Waals surface area contributed by atoms with E-state index in [1.165, 1.54) is 18.3 Å². The third-order valence-electron chi connectivity index (χ3n) is 3.75. The van der Waals surface area contributed by atoms with E-state index in [1.807, 2.05) is 39.0 Å². The largest absolute Gasteiger partial charge is 0.502 e. The first-order valence-corrected chi connectivity index (χ1v) is 8.30. The fourth-order valence-electron chi connectivity index (χ4n) is 2.37. The summed E-state index contributed by atoms with van der Waals surface area (Å²) >= 11 is 0. The number of benzene rings is 2. The van der Waals surface area contributed by atoms with Crippen LogP contribution in [0.5, 0.6) is 11.5 Å². The van der Waals surface area contributed by atoms with E-state index in [0.717, 1.165) is 17.2 Å². The van der Waals surface area contributed by atoms with Gasteiger partial charge in [-0.25, -0.2) is 5.43 Å². The SMILES string of the molecule is Cc1ccc(C(C)C)c(OCC(=O)N/N=C/c2ccc([N+](=O)[O-])c(O)c2)c1. The molecule has 2 rings (SSSR count). The molecule has 0 atom stereocenters. The van der Waals surface area contributed by atoms with Crippen molar-refractivity contribution in [1.29, 1.82) is 0 Å². The second-order valence-electron chi connectivity index (χ2n) is 6.28. The Hall–Kier alpha value is -3.42. The number of aryl methyl sites for hydroxylation is 1. The lowest BCUT2D eigenvalue weighted by atomic mass is 10.0. The van der Waals surface area contributed by atoms with Crippen LogP contribution in [-0.2, 0) is 4.79 Å². The number of phenolic OH excluding ortho intramolecular Hbond substituents is 1. The summed E-state index contributed by atoms with van der Waals surface area (Å²) in [5, 5.41) is 24.0. The minimum absolute atomic E-state index is 0.202. The second kappa shape index (κ2) is 8.79. The van der Waals surface area contributed by atoms with Gasteiger partial charge in [-0.2, -0.15) is 5.10 Å². The Balaban J connectivity index is 1.93. The second-order valence-corrected chi connectivity index (χ2v) is 6.28. The van der Waals surface area contributed by atoms with E-state index in [1.54, 1.807) is 0 Å². The summed E-state index contributed by atoms with van der Waals surface area (Å²) in [7, 11) is 0. The van der Waals surface area contributed by atoms with Crippen LogP contribution in [0.4, 0.5) is 5.69 Å². The molecule has 0 bridgehead atoms. The predicted molar refractivity (Wildman–Crippen MR) is 101 cm³/mol. The Morgan fingerprint density at radius 2 is 2.07 bits per heavy atom. The molecule has 0 saturated carbocycles. The number of hydrogen-bond acceptors (Lipinski definition) is 6. The first kappa shape index (κ1) is 19.9. The molecule has 142 valence electrons. The number of nitrogens with zero attached hydrogens (tertiary/aromatic N) is 2. The van der Waals surface area contributed by atoms with E-state index < -0.39 is 22.3 Å². The number of hydrazone groups is 1. The highest BCUT2D eigenvalue weighted by molar-refractivity contribution is 5.83. The van der Waals surface area contributed by atoms with Gasteiger partial charge in [-0.05, 0) is 47.7 Å². The highest BCUT2D eigenvalue weighted by Gasteiger charge is 2.12. The molecule has 2 aromatic carbocycles. The molecule has 0 spiro atoms. The number of ether oxygens (including phenoxy) is 1. The Morgan fingerprint density at radius 1 is 1.33 bits per heavy atom. The zero-order valence-corrected chi connectivity index (χ0v) is 15.3. The molecule has 27 heavy (non-hydrogen) atoms. The average molecular weight is 371 g/mol. The summed E-state index contributed by atoms with van der Waals surface area (Å²) in [6.07, 6.45) is 1.27. The van der Waals surface area contributed by atoms with Gasteiger partial charge in [0.1, 0.15) is 5.75 Å². The highest BCUT2D eigenvalue weighted by atomic mass is 16.6. The van der Waals surface area contributed by atoms with Gasteiger partial charge in [0, 0.05) is 6.07 Å². The lowest BCUT2D eigenvalue weighted by Crippen LogP contribution is -2.25. The summed E-state index contributed by atoms with van der Waals surface area (Å²) in [6.45, 7) is 5.83. The smallest absolute Gasteiger partial charge is 0.310 e. The lowest BCUT2D eigenvalue weighted by Gasteiger charge is -2.14. The van der Waals surface area contributed by atoms with E-state index in [2.05, 4.69) is 10.5 Å². The summed E-state index contributed by atoms with van der Waals surface area (Å²) in [6, 6.07) is 9.61. The van der Waals surface area contributed by atoms with E-state index in [0.29, 0.717) is 11.3 Å². The zero-order chi connectivity index (χ0) is 20.0. The lowest BCUT2D eigenvalue weighted by molar-refractivity contribution is -0.385. The number of phenols is 1. The molecule has 0 unspecified atom stereocenters. The Morgan fingerprint density at radius 3 is 2.70 bits per heavy atom. The Labute approximate surface area is 156 Å². The van der Waals surface area contributed by atoms with Crippen molar-refractivity contribution >= 4 is 17.8 Å². The number of nitro benzene ring substituents is 1. The van der Waals surface area contributed by atoms with Gasteiger partial charge in [-0.15, -0.1) is 0 Å². The molecule has 2 aromatic rings. The monoisotopic (exact) mass is 371 g/mol. The Kier molecular flexibility index (Phi) is 6.48. The van der Waals surface area contributed by atoms with Crippen LogP contribution in [0, 0.1) is 17.0 Å². The third kappa shape index (κ3) is 5.53. The fraction of sp³-hybridized carbons (Fsp3) is 0.263. The quantitative estimate of drug-likeness (QED) is 0.440. The van der Waals surface area contributed by atoms with Crippen LogP contribution < -0.4 is 10.2 Å². The fourth-order valence-corrected chi connectivity index (χ4v) is 2.37. The van der Waals surface area contributed by atoms with Crippen LogP contribution in [0.25, 0.3) is 0 Å². The van der Waals surface area contributed by atoms with Crippen molar-refractivity contribution < 1.29 is 19.6 Å². The molecule has 0 aliphatic heterocycles. The van der Waals surface area contributed by atoms with Gasteiger partial charge < -0.3 is 9.84 Å².